The Morgan fingerprint density at radius 2 is 2.00 bits per heavy atom. The monoisotopic (exact) mass is 308 g/mol. The first-order valence-corrected chi connectivity index (χ1v) is 8.85. The molecule has 3 nitrogen and oxygen atoms in total. The molecule has 1 aliphatic heterocycles. The minimum absolute atomic E-state index is 0.315. The molecule has 118 valence electrons. The highest BCUT2D eigenvalue weighted by atomic mass is 32.2. The summed E-state index contributed by atoms with van der Waals surface area (Å²) in [5, 5.41) is 0. The van der Waals surface area contributed by atoms with Crippen LogP contribution in [0.15, 0.2) is 24.3 Å². The van der Waals surface area contributed by atoms with Gasteiger partial charge in [0.2, 0.25) is 0 Å². The Morgan fingerprint density at radius 3 is 2.62 bits per heavy atom. The zero-order valence-corrected chi connectivity index (χ0v) is 14.3. The maximum atomic E-state index is 6.07. The molecule has 0 bridgehead atoms. The molecule has 0 aromatic heterocycles. The number of nitrogens with zero attached hydrogens (tertiary/aromatic N) is 1. The number of rotatable bonds is 5. The maximum Gasteiger partial charge on any atom is 0.119 e. The lowest BCUT2D eigenvalue weighted by Crippen LogP contribution is -2.35. The molecule has 1 fully saturated rings. The van der Waals surface area contributed by atoms with E-state index in [1.165, 1.54) is 17.7 Å². The van der Waals surface area contributed by atoms with Crippen molar-refractivity contribution in [2.24, 2.45) is 5.73 Å². The molecule has 1 saturated heterocycles. The second-order valence-corrected chi connectivity index (χ2v) is 7.95. The predicted molar refractivity (Wildman–Crippen MR) is 92.1 cm³/mol. The van der Waals surface area contributed by atoms with Crippen molar-refractivity contribution < 1.29 is 4.74 Å². The van der Waals surface area contributed by atoms with Crippen molar-refractivity contribution in [2.45, 2.75) is 38.0 Å². The van der Waals surface area contributed by atoms with Gasteiger partial charge < -0.3 is 10.5 Å². The van der Waals surface area contributed by atoms with Gasteiger partial charge in [-0.3, -0.25) is 4.90 Å². The molecule has 0 aliphatic carbocycles. The third-order valence-electron chi connectivity index (χ3n) is 4.11. The van der Waals surface area contributed by atoms with Crippen LogP contribution in [0.1, 0.15) is 38.8 Å². The Balaban J connectivity index is 2.07. The van der Waals surface area contributed by atoms with Crippen LogP contribution >= 0.6 is 11.8 Å². The SMILES string of the molecule is CCOc1ccc(C(CN)N2CCSC(C)(C)CC2)cc1. The quantitative estimate of drug-likeness (QED) is 0.906. The number of thioether (sulfide) groups is 1. The Kier molecular flexibility index (Phi) is 5.97. The zero-order chi connectivity index (χ0) is 15.3. The van der Waals surface area contributed by atoms with Crippen molar-refractivity contribution in [3.63, 3.8) is 0 Å². The van der Waals surface area contributed by atoms with E-state index in [4.69, 9.17) is 10.5 Å². The largest absolute Gasteiger partial charge is 0.494 e. The minimum Gasteiger partial charge on any atom is -0.494 e. The van der Waals surface area contributed by atoms with Crippen LogP contribution in [0.25, 0.3) is 0 Å². The molecule has 0 spiro atoms. The molecular weight excluding hydrogens is 280 g/mol. The summed E-state index contributed by atoms with van der Waals surface area (Å²) in [7, 11) is 0. The lowest BCUT2D eigenvalue weighted by molar-refractivity contribution is 0.210. The van der Waals surface area contributed by atoms with Gasteiger partial charge in [-0.2, -0.15) is 11.8 Å². The molecule has 0 saturated carbocycles. The molecule has 4 heteroatoms. The zero-order valence-electron chi connectivity index (χ0n) is 13.5. The second-order valence-electron chi connectivity index (χ2n) is 6.15. The Hall–Kier alpha value is -0.710. The molecule has 0 radical (unpaired) electrons. The fraction of sp³-hybridized carbons (Fsp3) is 0.647. The molecule has 1 atom stereocenters. The Bertz CT molecular complexity index is 433. The summed E-state index contributed by atoms with van der Waals surface area (Å²) in [5.74, 6) is 2.12. The van der Waals surface area contributed by atoms with Crippen LogP contribution in [-0.4, -0.2) is 41.6 Å². The van der Waals surface area contributed by atoms with Crippen molar-refractivity contribution >= 4 is 11.8 Å². The van der Waals surface area contributed by atoms with Gasteiger partial charge >= 0.3 is 0 Å². The fourth-order valence-electron chi connectivity index (χ4n) is 2.80. The van der Waals surface area contributed by atoms with Gasteiger partial charge in [0.15, 0.2) is 0 Å². The van der Waals surface area contributed by atoms with Crippen molar-refractivity contribution in [3.05, 3.63) is 29.8 Å². The van der Waals surface area contributed by atoms with Gasteiger partial charge in [0.05, 0.1) is 6.61 Å². The second kappa shape index (κ2) is 7.52. The topological polar surface area (TPSA) is 38.5 Å². The third kappa shape index (κ3) is 4.63. The van der Waals surface area contributed by atoms with Gasteiger partial charge in [-0.05, 0) is 31.0 Å². The molecule has 1 unspecified atom stereocenters. The van der Waals surface area contributed by atoms with Gasteiger partial charge in [-0.1, -0.05) is 26.0 Å². The molecule has 2 N–H and O–H groups in total. The summed E-state index contributed by atoms with van der Waals surface area (Å²) in [5.41, 5.74) is 7.37. The van der Waals surface area contributed by atoms with Gasteiger partial charge in [0.1, 0.15) is 5.75 Å². The molecule has 1 heterocycles. The fourth-order valence-corrected chi connectivity index (χ4v) is 3.91. The summed E-state index contributed by atoms with van der Waals surface area (Å²) >= 11 is 2.07. The number of benzene rings is 1. The van der Waals surface area contributed by atoms with Crippen molar-refractivity contribution in [3.8, 4) is 5.75 Å². The van der Waals surface area contributed by atoms with E-state index in [0.717, 1.165) is 18.8 Å². The molecular formula is C17H28N2OS. The van der Waals surface area contributed by atoms with Crippen LogP contribution in [-0.2, 0) is 0 Å². The highest BCUT2D eigenvalue weighted by Crippen LogP contribution is 2.33. The van der Waals surface area contributed by atoms with E-state index in [1.807, 2.05) is 6.92 Å². The number of hydrogen-bond donors (Lipinski definition) is 1. The van der Waals surface area contributed by atoms with Crippen LogP contribution in [0.3, 0.4) is 0 Å². The minimum atomic E-state index is 0.315. The summed E-state index contributed by atoms with van der Waals surface area (Å²) < 4.78 is 5.90. The lowest BCUT2D eigenvalue weighted by Gasteiger charge is -2.30. The molecule has 21 heavy (non-hydrogen) atoms. The van der Waals surface area contributed by atoms with E-state index < -0.39 is 0 Å². The molecule has 1 aromatic carbocycles. The third-order valence-corrected chi connectivity index (χ3v) is 5.48. The van der Waals surface area contributed by atoms with E-state index in [9.17, 15) is 0 Å². The molecule has 2 rings (SSSR count). The van der Waals surface area contributed by atoms with Crippen molar-refractivity contribution in [1.29, 1.82) is 0 Å². The van der Waals surface area contributed by atoms with E-state index in [2.05, 4.69) is 54.8 Å². The average Bonchev–Trinajstić information content (AvgIpc) is 2.63. The van der Waals surface area contributed by atoms with Crippen LogP contribution in [0, 0.1) is 0 Å². The standard InChI is InChI=1S/C17H28N2OS/c1-4-20-15-7-5-14(6-8-15)16(13-18)19-10-9-17(2,3)21-12-11-19/h5-8,16H,4,9-13,18H2,1-3H3. The molecule has 0 amide bonds. The van der Waals surface area contributed by atoms with Crippen LogP contribution in [0.4, 0.5) is 0 Å². The molecule has 1 aromatic rings. The maximum absolute atomic E-state index is 6.07. The summed E-state index contributed by atoms with van der Waals surface area (Å²) in [6.07, 6.45) is 1.21. The van der Waals surface area contributed by atoms with E-state index in [0.29, 0.717) is 23.9 Å². The summed E-state index contributed by atoms with van der Waals surface area (Å²) in [6.45, 7) is 10.3. The van der Waals surface area contributed by atoms with Gasteiger partial charge in [0.25, 0.3) is 0 Å². The van der Waals surface area contributed by atoms with Crippen LogP contribution in [0.2, 0.25) is 0 Å². The van der Waals surface area contributed by atoms with E-state index in [-0.39, 0.29) is 0 Å². The van der Waals surface area contributed by atoms with E-state index in [1.54, 1.807) is 0 Å². The lowest BCUT2D eigenvalue weighted by atomic mass is 10.0. The summed E-state index contributed by atoms with van der Waals surface area (Å²) in [6, 6.07) is 8.74. The first kappa shape index (κ1) is 16.7. The first-order chi connectivity index (χ1) is 10.1. The van der Waals surface area contributed by atoms with Gasteiger partial charge in [0, 0.05) is 36.2 Å². The highest BCUT2D eigenvalue weighted by Gasteiger charge is 2.27. The predicted octanol–water partition coefficient (Wildman–Crippen LogP) is 3.30. The number of hydrogen-bond acceptors (Lipinski definition) is 4. The van der Waals surface area contributed by atoms with Crippen molar-refractivity contribution in [2.75, 3.05) is 32.0 Å². The first-order valence-electron chi connectivity index (χ1n) is 7.86. The smallest absolute Gasteiger partial charge is 0.119 e. The Morgan fingerprint density at radius 1 is 1.29 bits per heavy atom. The molecule has 1 aliphatic rings. The van der Waals surface area contributed by atoms with E-state index >= 15 is 0 Å². The van der Waals surface area contributed by atoms with Crippen LogP contribution < -0.4 is 10.5 Å². The highest BCUT2D eigenvalue weighted by molar-refractivity contribution is 8.00. The normalized spacial score (nSPS) is 20.8. The Labute approximate surface area is 133 Å². The number of ether oxygens (including phenoxy) is 1. The number of nitrogens with two attached hydrogens (primary N) is 1. The van der Waals surface area contributed by atoms with Crippen molar-refractivity contribution in [1.82, 2.24) is 4.90 Å². The van der Waals surface area contributed by atoms with Gasteiger partial charge in [-0.15, -0.1) is 0 Å². The summed E-state index contributed by atoms with van der Waals surface area (Å²) in [4.78, 5) is 2.54. The van der Waals surface area contributed by atoms with Crippen LogP contribution in [0.5, 0.6) is 5.75 Å². The average molecular weight is 308 g/mol. The van der Waals surface area contributed by atoms with Gasteiger partial charge in [-0.25, -0.2) is 0 Å².